The molecule has 4 aliphatic rings. The Kier molecular flexibility index (Phi) is 8.05. The number of hydrogen-bond acceptors (Lipinski definition) is 2. The van der Waals surface area contributed by atoms with Crippen LogP contribution in [0.3, 0.4) is 0 Å². The predicted octanol–water partition coefficient (Wildman–Crippen LogP) is 17.9. The zero-order valence-corrected chi connectivity index (χ0v) is 39.2. The fourth-order valence-electron chi connectivity index (χ4n) is 13.6. The van der Waals surface area contributed by atoms with Gasteiger partial charge < -0.3 is 9.64 Å². The summed E-state index contributed by atoms with van der Waals surface area (Å²) < 4.78 is 7.19. The third kappa shape index (κ3) is 5.08. The van der Waals surface area contributed by atoms with Crippen molar-refractivity contribution in [2.45, 2.75) is 10.8 Å². The molecule has 72 heavy (non-hydrogen) atoms. The predicted molar refractivity (Wildman–Crippen MR) is 295 cm³/mol. The summed E-state index contributed by atoms with van der Waals surface area (Å²) in [4.78, 5) is 2.41. The van der Waals surface area contributed by atoms with E-state index in [9.17, 15) is 0 Å². The highest BCUT2D eigenvalue weighted by Gasteiger charge is 2.53. The van der Waals surface area contributed by atoms with Crippen molar-refractivity contribution in [3.63, 3.8) is 0 Å². The van der Waals surface area contributed by atoms with Gasteiger partial charge >= 0.3 is 0 Å². The molecular weight excluding hydrogens is 871 g/mol. The first-order chi connectivity index (χ1) is 35.7. The van der Waals surface area contributed by atoms with Gasteiger partial charge in [0, 0.05) is 39.0 Å². The molecule has 2 nitrogen and oxygen atoms in total. The molecule has 334 valence electrons. The minimum Gasteiger partial charge on any atom is -0.455 e. The van der Waals surface area contributed by atoms with Gasteiger partial charge in [0.15, 0.2) is 0 Å². The van der Waals surface area contributed by atoms with Crippen LogP contribution >= 0.6 is 0 Å². The summed E-state index contributed by atoms with van der Waals surface area (Å²) in [5.74, 6) is 1.87. The lowest BCUT2D eigenvalue weighted by Gasteiger charge is -2.40. The van der Waals surface area contributed by atoms with E-state index in [1.165, 1.54) is 99.8 Å². The van der Waals surface area contributed by atoms with Gasteiger partial charge in [-0.15, -0.1) is 0 Å². The second kappa shape index (κ2) is 14.6. The maximum atomic E-state index is 7.19. The van der Waals surface area contributed by atoms with Crippen molar-refractivity contribution in [2.24, 2.45) is 0 Å². The topological polar surface area (TPSA) is 12.5 Å². The summed E-state index contributed by atoms with van der Waals surface area (Å²) in [5, 5.41) is 4.59. The molecule has 1 aliphatic heterocycles. The average molecular weight is 914 g/mol. The van der Waals surface area contributed by atoms with E-state index >= 15 is 0 Å². The highest BCUT2D eigenvalue weighted by molar-refractivity contribution is 6.01. The van der Waals surface area contributed by atoms with Crippen molar-refractivity contribution in [3.05, 3.63) is 305 Å². The molecule has 0 radical (unpaired) electrons. The van der Waals surface area contributed by atoms with Gasteiger partial charge in [0.2, 0.25) is 0 Å². The van der Waals surface area contributed by atoms with Gasteiger partial charge in [-0.05, 0) is 131 Å². The molecule has 12 aromatic rings. The molecular formula is C70H43NO. The Hall–Kier alpha value is -9.24. The summed E-state index contributed by atoms with van der Waals surface area (Å²) in [7, 11) is 0. The molecule has 3 aliphatic carbocycles. The smallest absolute Gasteiger partial charge is 0.140 e. The fraction of sp³-hybridized carbons (Fsp3) is 0.0286. The zero-order valence-electron chi connectivity index (χ0n) is 39.2. The molecule has 0 saturated heterocycles. The number of fused-ring (bicyclic) bond motifs is 23. The summed E-state index contributed by atoms with van der Waals surface area (Å²) in [5.41, 5.74) is 22.7. The summed E-state index contributed by atoms with van der Waals surface area (Å²) >= 11 is 0. The van der Waals surface area contributed by atoms with Crippen molar-refractivity contribution < 1.29 is 4.74 Å². The van der Waals surface area contributed by atoms with Crippen molar-refractivity contribution in [1.29, 1.82) is 0 Å². The molecule has 0 fully saturated rings. The molecule has 0 saturated carbocycles. The minimum absolute atomic E-state index is 0.382. The molecule has 2 heteroatoms. The van der Waals surface area contributed by atoms with Crippen LogP contribution in [0.2, 0.25) is 0 Å². The number of nitrogens with zero attached hydrogens (tertiary/aromatic N) is 1. The number of benzene rings is 12. The van der Waals surface area contributed by atoms with Crippen LogP contribution in [0.15, 0.2) is 261 Å². The standard InChI is InChI=1S/C70H43NO/c1-2-18-48(19-3-1)71(50-37-41-64-58(43-50)56-25-11-14-28-61(56)69(64)59-26-12-8-22-53(59)54-23-9-13-27-60(54)69)49-35-30-44(31-36-49)47-34-38-63-57(42-47)55-24-10-15-29-62(55)70(63)65-39-32-45-16-4-6-20-51(45)67(65)72-68-52-21-7-5-17-46(52)33-40-66(68)70/h1-43H. The minimum atomic E-state index is -0.581. The van der Waals surface area contributed by atoms with E-state index < -0.39 is 5.41 Å². The Labute approximate surface area is 418 Å². The molecule has 0 amide bonds. The monoisotopic (exact) mass is 913 g/mol. The first-order valence-corrected chi connectivity index (χ1v) is 25.1. The van der Waals surface area contributed by atoms with Crippen molar-refractivity contribution in [3.8, 4) is 56.0 Å². The fourth-order valence-corrected chi connectivity index (χ4v) is 13.6. The highest BCUT2D eigenvalue weighted by Crippen LogP contribution is 2.65. The summed E-state index contributed by atoms with van der Waals surface area (Å²) in [6, 6.07) is 96.9. The van der Waals surface area contributed by atoms with Gasteiger partial charge in [0.1, 0.15) is 11.5 Å². The molecule has 2 spiro atoms. The summed E-state index contributed by atoms with van der Waals surface area (Å²) in [6.07, 6.45) is 0. The first-order valence-electron chi connectivity index (χ1n) is 25.1. The van der Waals surface area contributed by atoms with Crippen LogP contribution in [0.25, 0.3) is 66.1 Å². The lowest BCUT2D eigenvalue weighted by atomic mass is 9.65. The number of hydrogen-bond donors (Lipinski definition) is 0. The third-order valence-corrected chi connectivity index (χ3v) is 16.5. The number of rotatable bonds is 4. The number of anilines is 3. The molecule has 0 N–H and O–H groups in total. The number of para-hydroxylation sites is 1. The zero-order chi connectivity index (χ0) is 47.1. The summed E-state index contributed by atoms with van der Waals surface area (Å²) in [6.45, 7) is 0. The Bertz CT molecular complexity index is 4130. The van der Waals surface area contributed by atoms with E-state index in [1.807, 2.05) is 0 Å². The normalized spacial score (nSPS) is 14.2. The van der Waals surface area contributed by atoms with E-state index in [0.717, 1.165) is 39.3 Å². The van der Waals surface area contributed by atoms with Crippen LogP contribution in [0, 0.1) is 0 Å². The van der Waals surface area contributed by atoms with Gasteiger partial charge in [-0.25, -0.2) is 0 Å². The third-order valence-electron chi connectivity index (χ3n) is 16.5. The highest BCUT2D eigenvalue weighted by atomic mass is 16.5. The van der Waals surface area contributed by atoms with Gasteiger partial charge in [-0.2, -0.15) is 0 Å². The Morgan fingerprint density at radius 2 is 0.625 bits per heavy atom. The maximum absolute atomic E-state index is 7.19. The van der Waals surface area contributed by atoms with Crippen molar-refractivity contribution in [2.75, 3.05) is 4.90 Å². The molecule has 0 aromatic heterocycles. The molecule has 0 bridgehead atoms. The van der Waals surface area contributed by atoms with Crippen LogP contribution < -0.4 is 9.64 Å². The van der Waals surface area contributed by atoms with Gasteiger partial charge in [-0.1, -0.05) is 218 Å². The van der Waals surface area contributed by atoms with Gasteiger partial charge in [0.05, 0.1) is 10.8 Å². The van der Waals surface area contributed by atoms with Crippen LogP contribution in [0.1, 0.15) is 44.5 Å². The average Bonchev–Trinajstić information content (AvgIpc) is 4.03. The first kappa shape index (κ1) is 39.6. The second-order valence-electron chi connectivity index (χ2n) is 19.8. The largest absolute Gasteiger partial charge is 0.455 e. The van der Waals surface area contributed by atoms with Gasteiger partial charge in [0.25, 0.3) is 0 Å². The molecule has 1 heterocycles. The quantitative estimate of drug-likeness (QED) is 0.174. The SMILES string of the molecule is c1ccc(N(c2ccc(-c3ccc4c(c3)-c3ccccc3C43c4ccc5ccccc5c4Oc4c3ccc3ccccc43)cc2)c2ccc3c(c2)-c2ccccc2C32c3ccccc3-c3ccccc32)cc1. The second-order valence-corrected chi connectivity index (χ2v) is 19.8. The Morgan fingerprint density at radius 3 is 1.18 bits per heavy atom. The maximum Gasteiger partial charge on any atom is 0.140 e. The van der Waals surface area contributed by atoms with Crippen molar-refractivity contribution >= 4 is 38.6 Å². The Morgan fingerprint density at radius 1 is 0.250 bits per heavy atom. The number of ether oxygens (including phenoxy) is 1. The van der Waals surface area contributed by atoms with Crippen LogP contribution in [-0.2, 0) is 10.8 Å². The van der Waals surface area contributed by atoms with Crippen LogP contribution in [0.5, 0.6) is 11.5 Å². The van der Waals surface area contributed by atoms with Crippen molar-refractivity contribution in [1.82, 2.24) is 0 Å². The van der Waals surface area contributed by atoms with E-state index in [-0.39, 0.29) is 5.41 Å². The van der Waals surface area contributed by atoms with Crippen LogP contribution in [0.4, 0.5) is 17.1 Å². The molecule has 16 rings (SSSR count). The molecule has 0 unspecified atom stereocenters. The van der Waals surface area contributed by atoms with E-state index in [1.54, 1.807) is 0 Å². The lowest BCUT2D eigenvalue weighted by molar-refractivity contribution is 0.447. The van der Waals surface area contributed by atoms with E-state index in [0.29, 0.717) is 0 Å². The van der Waals surface area contributed by atoms with Crippen LogP contribution in [-0.4, -0.2) is 0 Å². The lowest BCUT2D eigenvalue weighted by Crippen LogP contribution is -2.32. The Balaban J connectivity index is 0.837. The molecule has 12 aromatic carbocycles. The van der Waals surface area contributed by atoms with E-state index in [2.05, 4.69) is 266 Å². The van der Waals surface area contributed by atoms with Gasteiger partial charge in [-0.3, -0.25) is 0 Å². The van der Waals surface area contributed by atoms with E-state index in [4.69, 9.17) is 4.74 Å². The molecule has 0 atom stereocenters.